The lowest BCUT2D eigenvalue weighted by atomic mass is 10.1. The van der Waals surface area contributed by atoms with Gasteiger partial charge in [0.05, 0.1) is 11.9 Å². The van der Waals surface area contributed by atoms with Crippen molar-refractivity contribution < 1.29 is 4.79 Å². The Labute approximate surface area is 126 Å². The Morgan fingerprint density at radius 3 is 3.00 bits per heavy atom. The smallest absolute Gasteiger partial charge is 0.242 e. The van der Waals surface area contributed by atoms with Gasteiger partial charge in [-0.3, -0.25) is 4.79 Å². The molecule has 1 heterocycles. The third kappa shape index (κ3) is 6.25. The minimum atomic E-state index is 0.00519. The molecule has 1 fully saturated rings. The summed E-state index contributed by atoms with van der Waals surface area (Å²) in [6.07, 6.45) is 8.99. The zero-order chi connectivity index (χ0) is 15.1. The number of amides is 1. The van der Waals surface area contributed by atoms with Crippen LogP contribution in [-0.4, -0.2) is 33.0 Å². The molecule has 0 aromatic carbocycles. The second-order valence-electron chi connectivity index (χ2n) is 6.03. The van der Waals surface area contributed by atoms with Crippen LogP contribution in [0.3, 0.4) is 0 Å². The molecule has 0 aliphatic heterocycles. The van der Waals surface area contributed by atoms with Crippen molar-refractivity contribution in [2.75, 3.05) is 0 Å². The van der Waals surface area contributed by atoms with Crippen LogP contribution in [0.5, 0.6) is 0 Å². The van der Waals surface area contributed by atoms with Crippen LogP contribution in [0.2, 0.25) is 0 Å². The Kier molecular flexibility index (Phi) is 6.17. The number of aromatic nitrogens is 3. The first-order chi connectivity index (χ1) is 10.2. The van der Waals surface area contributed by atoms with Gasteiger partial charge in [0.25, 0.3) is 0 Å². The highest BCUT2D eigenvalue weighted by molar-refractivity contribution is 5.75. The molecular weight excluding hydrogens is 266 g/mol. The monoisotopic (exact) mass is 293 g/mol. The van der Waals surface area contributed by atoms with Crippen molar-refractivity contribution in [1.82, 2.24) is 25.6 Å². The fourth-order valence-corrected chi connectivity index (χ4v) is 2.27. The molecule has 1 atom stereocenters. The van der Waals surface area contributed by atoms with Gasteiger partial charge in [-0.1, -0.05) is 31.4 Å². The Morgan fingerprint density at radius 2 is 2.29 bits per heavy atom. The maximum atomic E-state index is 11.9. The maximum Gasteiger partial charge on any atom is 0.242 e. The van der Waals surface area contributed by atoms with Gasteiger partial charge in [-0.05, 0) is 26.2 Å². The van der Waals surface area contributed by atoms with E-state index in [2.05, 4.69) is 34.8 Å². The van der Waals surface area contributed by atoms with Crippen LogP contribution < -0.4 is 10.6 Å². The van der Waals surface area contributed by atoms with E-state index in [-0.39, 0.29) is 18.5 Å². The summed E-state index contributed by atoms with van der Waals surface area (Å²) in [5.74, 6) is 0.00519. The molecule has 0 spiro atoms. The fourth-order valence-electron chi connectivity index (χ4n) is 2.27. The van der Waals surface area contributed by atoms with E-state index >= 15 is 0 Å². The van der Waals surface area contributed by atoms with Crippen LogP contribution in [-0.2, 0) is 17.9 Å². The number of nitrogens with zero attached hydrogens (tertiary/aromatic N) is 3. The SMILES string of the molecule is CCCCCC(C)NC(=O)Cn1cc(CNC2CC2)nn1. The number of carbonyl (C=O) groups excluding carboxylic acids is 1. The molecule has 1 amide bonds. The number of hydrogen-bond donors (Lipinski definition) is 2. The van der Waals surface area contributed by atoms with Gasteiger partial charge < -0.3 is 10.6 Å². The van der Waals surface area contributed by atoms with E-state index in [1.165, 1.54) is 25.7 Å². The van der Waals surface area contributed by atoms with Crippen molar-refractivity contribution in [3.05, 3.63) is 11.9 Å². The summed E-state index contributed by atoms with van der Waals surface area (Å²) in [4.78, 5) is 11.9. The minimum absolute atomic E-state index is 0.00519. The second-order valence-corrected chi connectivity index (χ2v) is 6.03. The number of unbranched alkanes of at least 4 members (excludes halogenated alkanes) is 2. The zero-order valence-corrected chi connectivity index (χ0v) is 13.1. The lowest BCUT2D eigenvalue weighted by Gasteiger charge is -2.13. The topological polar surface area (TPSA) is 71.8 Å². The van der Waals surface area contributed by atoms with E-state index in [1.807, 2.05) is 6.20 Å². The first-order valence-corrected chi connectivity index (χ1v) is 8.09. The van der Waals surface area contributed by atoms with Gasteiger partial charge in [0.15, 0.2) is 0 Å². The van der Waals surface area contributed by atoms with Crippen molar-refractivity contribution in [2.45, 2.75) is 77.5 Å². The van der Waals surface area contributed by atoms with Crippen LogP contribution in [0, 0.1) is 0 Å². The third-order valence-corrected chi connectivity index (χ3v) is 3.69. The summed E-state index contributed by atoms with van der Waals surface area (Å²) < 4.78 is 1.61. The molecule has 0 bridgehead atoms. The highest BCUT2D eigenvalue weighted by Gasteiger charge is 2.20. The van der Waals surface area contributed by atoms with Gasteiger partial charge in [0, 0.05) is 18.6 Å². The van der Waals surface area contributed by atoms with Crippen molar-refractivity contribution in [1.29, 1.82) is 0 Å². The van der Waals surface area contributed by atoms with Crippen molar-refractivity contribution >= 4 is 5.91 Å². The van der Waals surface area contributed by atoms with Gasteiger partial charge >= 0.3 is 0 Å². The summed E-state index contributed by atoms with van der Waals surface area (Å²) >= 11 is 0. The Morgan fingerprint density at radius 1 is 1.48 bits per heavy atom. The zero-order valence-electron chi connectivity index (χ0n) is 13.1. The van der Waals surface area contributed by atoms with Gasteiger partial charge in [-0.2, -0.15) is 0 Å². The molecule has 1 unspecified atom stereocenters. The van der Waals surface area contributed by atoms with Gasteiger partial charge in [-0.15, -0.1) is 5.10 Å². The van der Waals surface area contributed by atoms with E-state index in [4.69, 9.17) is 0 Å². The first kappa shape index (κ1) is 15.9. The number of rotatable bonds is 10. The first-order valence-electron chi connectivity index (χ1n) is 8.09. The minimum Gasteiger partial charge on any atom is -0.352 e. The van der Waals surface area contributed by atoms with Crippen LogP contribution >= 0.6 is 0 Å². The standard InChI is InChI=1S/C15H27N5O/c1-3-4-5-6-12(2)17-15(21)11-20-10-14(18-19-20)9-16-13-7-8-13/h10,12-13,16H,3-9,11H2,1-2H3,(H,17,21). The molecule has 6 nitrogen and oxygen atoms in total. The van der Waals surface area contributed by atoms with Crippen molar-refractivity contribution in [3.8, 4) is 0 Å². The lowest BCUT2D eigenvalue weighted by Crippen LogP contribution is -2.35. The van der Waals surface area contributed by atoms with Crippen LogP contribution in [0.4, 0.5) is 0 Å². The molecule has 0 saturated heterocycles. The molecule has 6 heteroatoms. The van der Waals surface area contributed by atoms with Crippen LogP contribution in [0.25, 0.3) is 0 Å². The molecule has 21 heavy (non-hydrogen) atoms. The summed E-state index contributed by atoms with van der Waals surface area (Å²) in [6.45, 7) is 5.22. The largest absolute Gasteiger partial charge is 0.352 e. The molecule has 1 aliphatic rings. The molecule has 1 aromatic heterocycles. The molecule has 1 aromatic rings. The van der Waals surface area contributed by atoms with Crippen molar-refractivity contribution in [3.63, 3.8) is 0 Å². The number of hydrogen-bond acceptors (Lipinski definition) is 4. The fraction of sp³-hybridized carbons (Fsp3) is 0.800. The molecule has 2 N–H and O–H groups in total. The molecule has 1 aliphatic carbocycles. The molecule has 0 radical (unpaired) electrons. The van der Waals surface area contributed by atoms with Crippen LogP contribution in [0.15, 0.2) is 6.20 Å². The van der Waals surface area contributed by atoms with Gasteiger partial charge in [-0.25, -0.2) is 4.68 Å². The summed E-state index contributed by atoms with van der Waals surface area (Å²) in [7, 11) is 0. The second kappa shape index (κ2) is 8.12. The normalized spacial score (nSPS) is 15.9. The number of carbonyl (C=O) groups is 1. The molecular formula is C15H27N5O. The summed E-state index contributed by atoms with van der Waals surface area (Å²) in [5.41, 5.74) is 0.894. The highest BCUT2D eigenvalue weighted by Crippen LogP contribution is 2.18. The summed E-state index contributed by atoms with van der Waals surface area (Å²) in [6, 6.07) is 0.881. The Balaban J connectivity index is 1.66. The third-order valence-electron chi connectivity index (χ3n) is 3.69. The lowest BCUT2D eigenvalue weighted by molar-refractivity contribution is -0.122. The van der Waals surface area contributed by atoms with Crippen LogP contribution in [0.1, 0.15) is 58.1 Å². The molecule has 1 saturated carbocycles. The quantitative estimate of drug-likeness (QED) is 0.643. The van der Waals surface area contributed by atoms with Gasteiger partial charge in [0.2, 0.25) is 5.91 Å². The van der Waals surface area contributed by atoms with E-state index in [0.29, 0.717) is 6.04 Å². The van der Waals surface area contributed by atoms with E-state index in [9.17, 15) is 4.79 Å². The Bertz CT molecular complexity index is 441. The molecule has 118 valence electrons. The van der Waals surface area contributed by atoms with Gasteiger partial charge in [0.1, 0.15) is 6.54 Å². The summed E-state index contributed by atoms with van der Waals surface area (Å²) in [5, 5.41) is 14.5. The average molecular weight is 293 g/mol. The Hall–Kier alpha value is -1.43. The maximum absolute atomic E-state index is 11.9. The van der Waals surface area contributed by atoms with E-state index in [1.54, 1.807) is 4.68 Å². The van der Waals surface area contributed by atoms with Crippen molar-refractivity contribution in [2.24, 2.45) is 0 Å². The predicted molar refractivity (Wildman–Crippen MR) is 81.6 cm³/mol. The van der Waals surface area contributed by atoms with E-state index in [0.717, 1.165) is 25.1 Å². The average Bonchev–Trinajstić information content (AvgIpc) is 3.17. The van der Waals surface area contributed by atoms with E-state index < -0.39 is 0 Å². The number of nitrogens with one attached hydrogen (secondary N) is 2. The highest BCUT2D eigenvalue weighted by atomic mass is 16.2. The predicted octanol–water partition coefficient (Wildman–Crippen LogP) is 1.62. The molecule has 2 rings (SSSR count).